The molecule has 84 valence electrons. The van der Waals surface area contributed by atoms with Crippen LogP contribution in [0.15, 0.2) is 0 Å². The molecule has 0 aromatic heterocycles. The van der Waals surface area contributed by atoms with Gasteiger partial charge < -0.3 is 10.1 Å². The van der Waals surface area contributed by atoms with E-state index in [1.165, 1.54) is 32.2 Å². The summed E-state index contributed by atoms with van der Waals surface area (Å²) in [5, 5.41) is 3.51. The van der Waals surface area contributed by atoms with Gasteiger partial charge in [0.25, 0.3) is 0 Å². The number of hydrogen-bond donors (Lipinski definition) is 1. The van der Waals surface area contributed by atoms with Crippen LogP contribution in [0, 0.1) is 0 Å². The maximum atomic E-state index is 5.81. The van der Waals surface area contributed by atoms with Crippen LogP contribution in [-0.2, 0) is 4.74 Å². The first kappa shape index (κ1) is 12.0. The molecule has 2 nitrogen and oxygen atoms in total. The van der Waals surface area contributed by atoms with Crippen LogP contribution in [-0.4, -0.2) is 24.8 Å². The average molecular weight is 199 g/mol. The minimum Gasteiger partial charge on any atom is -0.376 e. The van der Waals surface area contributed by atoms with Gasteiger partial charge in [0.15, 0.2) is 0 Å². The van der Waals surface area contributed by atoms with Crippen LogP contribution in [0.4, 0.5) is 0 Å². The summed E-state index contributed by atoms with van der Waals surface area (Å²) in [7, 11) is 0. The van der Waals surface area contributed by atoms with E-state index in [0.717, 1.165) is 19.1 Å². The standard InChI is InChI=1S/C12H25NO/c1-4-12(2,3)14-10-6-8-11-7-5-9-13-11/h11,13H,4-10H2,1-3H3. The van der Waals surface area contributed by atoms with Gasteiger partial charge in [0.2, 0.25) is 0 Å². The second-order valence-electron chi connectivity index (χ2n) is 4.90. The molecule has 0 radical (unpaired) electrons. The predicted octanol–water partition coefficient (Wildman–Crippen LogP) is 2.72. The van der Waals surface area contributed by atoms with E-state index in [1.807, 2.05) is 0 Å². The summed E-state index contributed by atoms with van der Waals surface area (Å²) in [6, 6.07) is 0.767. The van der Waals surface area contributed by atoms with E-state index in [1.54, 1.807) is 0 Å². The van der Waals surface area contributed by atoms with Gasteiger partial charge in [0.1, 0.15) is 0 Å². The van der Waals surface area contributed by atoms with Gasteiger partial charge in [-0.2, -0.15) is 0 Å². The summed E-state index contributed by atoms with van der Waals surface area (Å²) in [4.78, 5) is 0. The summed E-state index contributed by atoms with van der Waals surface area (Å²) in [6.45, 7) is 8.64. The minimum atomic E-state index is 0.0725. The molecule has 1 heterocycles. The van der Waals surface area contributed by atoms with E-state index in [9.17, 15) is 0 Å². The quantitative estimate of drug-likeness (QED) is 0.664. The predicted molar refractivity (Wildman–Crippen MR) is 60.6 cm³/mol. The van der Waals surface area contributed by atoms with Crippen molar-refractivity contribution < 1.29 is 4.74 Å². The molecule has 1 rings (SSSR count). The third kappa shape index (κ3) is 4.43. The summed E-state index contributed by atoms with van der Waals surface area (Å²) in [5.74, 6) is 0. The smallest absolute Gasteiger partial charge is 0.0623 e. The van der Waals surface area contributed by atoms with Gasteiger partial charge in [0, 0.05) is 12.6 Å². The molecule has 0 aliphatic carbocycles. The Labute approximate surface area is 88.4 Å². The molecule has 1 aliphatic rings. The zero-order valence-electron chi connectivity index (χ0n) is 9.94. The molecule has 1 N–H and O–H groups in total. The first-order valence-electron chi connectivity index (χ1n) is 6.01. The fourth-order valence-corrected chi connectivity index (χ4v) is 1.78. The van der Waals surface area contributed by atoms with E-state index >= 15 is 0 Å². The third-order valence-electron chi connectivity index (χ3n) is 3.20. The zero-order valence-corrected chi connectivity index (χ0v) is 9.94. The summed E-state index contributed by atoms with van der Waals surface area (Å²) in [6.07, 6.45) is 6.28. The molecule has 0 aromatic carbocycles. The molecule has 0 amide bonds. The van der Waals surface area contributed by atoms with Crippen molar-refractivity contribution in [2.75, 3.05) is 13.2 Å². The highest BCUT2D eigenvalue weighted by Gasteiger charge is 2.16. The van der Waals surface area contributed by atoms with Crippen LogP contribution in [0.2, 0.25) is 0 Å². The third-order valence-corrected chi connectivity index (χ3v) is 3.20. The van der Waals surface area contributed by atoms with Crippen molar-refractivity contribution >= 4 is 0 Å². The average Bonchev–Trinajstić information content (AvgIpc) is 2.65. The number of hydrogen-bond acceptors (Lipinski definition) is 2. The molecule has 0 aromatic rings. The lowest BCUT2D eigenvalue weighted by Gasteiger charge is -2.23. The first-order chi connectivity index (χ1) is 6.64. The lowest BCUT2D eigenvalue weighted by Crippen LogP contribution is -2.25. The van der Waals surface area contributed by atoms with Crippen molar-refractivity contribution in [1.82, 2.24) is 5.32 Å². The molecular weight excluding hydrogens is 174 g/mol. The molecule has 0 spiro atoms. The maximum absolute atomic E-state index is 5.81. The Hall–Kier alpha value is -0.0800. The topological polar surface area (TPSA) is 21.3 Å². The molecule has 0 saturated carbocycles. The highest BCUT2D eigenvalue weighted by atomic mass is 16.5. The van der Waals surface area contributed by atoms with Crippen LogP contribution in [0.3, 0.4) is 0 Å². The second kappa shape index (κ2) is 5.72. The Morgan fingerprint density at radius 1 is 1.43 bits per heavy atom. The molecule has 1 aliphatic heterocycles. The fourth-order valence-electron chi connectivity index (χ4n) is 1.78. The number of rotatable bonds is 6. The Morgan fingerprint density at radius 2 is 2.21 bits per heavy atom. The summed E-state index contributed by atoms with van der Waals surface area (Å²) >= 11 is 0. The summed E-state index contributed by atoms with van der Waals surface area (Å²) < 4.78 is 5.81. The van der Waals surface area contributed by atoms with Crippen molar-refractivity contribution in [3.05, 3.63) is 0 Å². The summed E-state index contributed by atoms with van der Waals surface area (Å²) in [5.41, 5.74) is 0.0725. The Bertz CT molecular complexity index is 150. The first-order valence-corrected chi connectivity index (χ1v) is 6.01. The lowest BCUT2D eigenvalue weighted by atomic mass is 10.1. The molecule has 14 heavy (non-hydrogen) atoms. The van der Waals surface area contributed by atoms with Gasteiger partial charge >= 0.3 is 0 Å². The Kier molecular flexibility index (Phi) is 4.90. The van der Waals surface area contributed by atoms with Crippen LogP contribution in [0.5, 0.6) is 0 Å². The van der Waals surface area contributed by atoms with Gasteiger partial charge in [-0.15, -0.1) is 0 Å². The fraction of sp³-hybridized carbons (Fsp3) is 1.00. The molecule has 1 atom stereocenters. The second-order valence-corrected chi connectivity index (χ2v) is 4.90. The largest absolute Gasteiger partial charge is 0.376 e. The van der Waals surface area contributed by atoms with Gasteiger partial charge in [-0.1, -0.05) is 6.92 Å². The highest BCUT2D eigenvalue weighted by Crippen LogP contribution is 2.15. The van der Waals surface area contributed by atoms with Crippen LogP contribution in [0.1, 0.15) is 52.9 Å². The van der Waals surface area contributed by atoms with Gasteiger partial charge in [-0.3, -0.25) is 0 Å². The van der Waals surface area contributed by atoms with Crippen molar-refractivity contribution in [3.8, 4) is 0 Å². The van der Waals surface area contributed by atoms with Crippen molar-refractivity contribution in [1.29, 1.82) is 0 Å². The zero-order chi connectivity index (χ0) is 10.4. The van der Waals surface area contributed by atoms with Crippen molar-refractivity contribution in [2.24, 2.45) is 0 Å². The molecule has 1 unspecified atom stereocenters. The minimum absolute atomic E-state index is 0.0725. The van der Waals surface area contributed by atoms with E-state index in [4.69, 9.17) is 4.74 Å². The van der Waals surface area contributed by atoms with E-state index < -0.39 is 0 Å². The maximum Gasteiger partial charge on any atom is 0.0623 e. The van der Waals surface area contributed by atoms with Gasteiger partial charge in [0.05, 0.1) is 5.60 Å². The van der Waals surface area contributed by atoms with Crippen LogP contribution < -0.4 is 5.32 Å². The van der Waals surface area contributed by atoms with E-state index in [-0.39, 0.29) is 5.60 Å². The van der Waals surface area contributed by atoms with Crippen LogP contribution in [0.25, 0.3) is 0 Å². The molecule has 2 heteroatoms. The molecular formula is C12H25NO. The van der Waals surface area contributed by atoms with Crippen LogP contribution >= 0.6 is 0 Å². The molecule has 1 saturated heterocycles. The molecule has 1 fully saturated rings. The van der Waals surface area contributed by atoms with E-state index in [2.05, 4.69) is 26.1 Å². The number of nitrogens with one attached hydrogen (secondary N) is 1. The SMILES string of the molecule is CCC(C)(C)OCCCC1CCCN1. The lowest BCUT2D eigenvalue weighted by molar-refractivity contribution is -0.0221. The monoisotopic (exact) mass is 199 g/mol. The number of ether oxygens (including phenoxy) is 1. The van der Waals surface area contributed by atoms with Gasteiger partial charge in [-0.05, 0) is 52.5 Å². The van der Waals surface area contributed by atoms with Crippen molar-refractivity contribution in [2.45, 2.75) is 64.5 Å². The van der Waals surface area contributed by atoms with Gasteiger partial charge in [-0.25, -0.2) is 0 Å². The van der Waals surface area contributed by atoms with E-state index in [0.29, 0.717) is 0 Å². The normalized spacial score (nSPS) is 22.9. The Morgan fingerprint density at radius 3 is 2.79 bits per heavy atom. The van der Waals surface area contributed by atoms with Crippen molar-refractivity contribution in [3.63, 3.8) is 0 Å². The highest BCUT2D eigenvalue weighted by molar-refractivity contribution is 4.74. The molecule has 0 bridgehead atoms. The Balaban J connectivity index is 1.98.